The lowest BCUT2D eigenvalue weighted by molar-refractivity contribution is 0.365. The number of benzene rings is 1. The molecule has 2 rings (SSSR count). The molecule has 0 aliphatic carbocycles. The fraction of sp³-hybridized carbons (Fsp3) is 0.154. The predicted molar refractivity (Wildman–Crippen MR) is 59.9 cm³/mol. The van der Waals surface area contributed by atoms with E-state index in [0.29, 0.717) is 11.3 Å². The van der Waals surface area contributed by atoms with Gasteiger partial charge in [0.15, 0.2) is 5.75 Å². The number of nitriles is 1. The maximum absolute atomic E-state index is 8.92. The highest BCUT2D eigenvalue weighted by Crippen LogP contribution is 2.32. The first kappa shape index (κ1) is 10.1. The Morgan fingerprint density at radius 1 is 1.38 bits per heavy atom. The second-order valence-electron chi connectivity index (χ2n) is 3.08. The molecular formula is C13H9NO2. The fourth-order valence-electron chi connectivity index (χ4n) is 1.42. The molecule has 0 N–H and O–H groups in total. The molecule has 0 spiro atoms. The molecule has 1 aromatic carbocycles. The molecule has 0 radical (unpaired) electrons. The van der Waals surface area contributed by atoms with E-state index in [-0.39, 0.29) is 12.4 Å². The van der Waals surface area contributed by atoms with E-state index >= 15 is 0 Å². The molecule has 0 amide bonds. The molecule has 0 atom stereocenters. The molecule has 0 saturated carbocycles. The second kappa shape index (κ2) is 4.42. The summed E-state index contributed by atoms with van der Waals surface area (Å²) in [6, 6.07) is 9.35. The van der Waals surface area contributed by atoms with Crippen molar-refractivity contribution in [1.29, 1.82) is 5.26 Å². The molecule has 0 bridgehead atoms. The molecule has 78 valence electrons. The minimum Gasteiger partial charge on any atom is -0.475 e. The third-order valence-electron chi connectivity index (χ3n) is 2.12. The number of para-hydroxylation sites is 1. The van der Waals surface area contributed by atoms with Crippen LogP contribution >= 0.6 is 0 Å². The van der Waals surface area contributed by atoms with Crippen molar-refractivity contribution in [2.24, 2.45) is 0 Å². The van der Waals surface area contributed by atoms with Crippen LogP contribution in [0.15, 0.2) is 28.7 Å². The zero-order valence-electron chi connectivity index (χ0n) is 8.78. The van der Waals surface area contributed by atoms with Gasteiger partial charge in [0.2, 0.25) is 5.76 Å². The Kier molecular flexibility index (Phi) is 2.80. The first-order valence-corrected chi connectivity index (χ1v) is 4.81. The average molecular weight is 211 g/mol. The summed E-state index contributed by atoms with van der Waals surface area (Å²) in [7, 11) is 0. The Morgan fingerprint density at radius 2 is 2.19 bits per heavy atom. The van der Waals surface area contributed by atoms with Crippen LogP contribution in [0.5, 0.6) is 5.75 Å². The van der Waals surface area contributed by atoms with Crippen LogP contribution in [-0.2, 0) is 0 Å². The van der Waals surface area contributed by atoms with E-state index < -0.39 is 0 Å². The molecule has 0 aliphatic heterocycles. The van der Waals surface area contributed by atoms with Gasteiger partial charge in [-0.25, -0.2) is 0 Å². The van der Waals surface area contributed by atoms with Gasteiger partial charge in [0.05, 0.1) is 5.39 Å². The van der Waals surface area contributed by atoms with Gasteiger partial charge in [-0.15, -0.1) is 5.92 Å². The number of ether oxygens (including phenoxy) is 1. The zero-order chi connectivity index (χ0) is 11.4. The first-order valence-electron chi connectivity index (χ1n) is 4.81. The summed E-state index contributed by atoms with van der Waals surface area (Å²) < 4.78 is 10.8. The van der Waals surface area contributed by atoms with Crippen LogP contribution in [0.1, 0.15) is 12.7 Å². The first-order chi connectivity index (χ1) is 7.86. The lowest BCUT2D eigenvalue weighted by Crippen LogP contribution is -1.94. The maximum atomic E-state index is 8.92. The third-order valence-corrected chi connectivity index (χ3v) is 2.12. The Hall–Kier alpha value is -2.39. The molecule has 16 heavy (non-hydrogen) atoms. The number of rotatable bonds is 2. The van der Waals surface area contributed by atoms with E-state index in [9.17, 15) is 0 Å². The summed E-state index contributed by atoms with van der Waals surface area (Å²) in [6.07, 6.45) is 0. The molecule has 0 fully saturated rings. The summed E-state index contributed by atoms with van der Waals surface area (Å²) in [5.41, 5.74) is 0.651. The fourth-order valence-corrected chi connectivity index (χ4v) is 1.42. The number of hydrogen-bond donors (Lipinski definition) is 0. The molecule has 2 aromatic rings. The van der Waals surface area contributed by atoms with E-state index in [4.69, 9.17) is 14.4 Å². The average Bonchev–Trinajstić information content (AvgIpc) is 2.68. The third kappa shape index (κ3) is 1.71. The summed E-state index contributed by atoms with van der Waals surface area (Å²) >= 11 is 0. The van der Waals surface area contributed by atoms with Crippen LogP contribution in [-0.4, -0.2) is 6.61 Å². The van der Waals surface area contributed by atoms with Gasteiger partial charge in [-0.05, 0) is 19.1 Å². The van der Waals surface area contributed by atoms with Gasteiger partial charge in [0.1, 0.15) is 18.3 Å². The minimum absolute atomic E-state index is 0.194. The van der Waals surface area contributed by atoms with Gasteiger partial charge in [0.25, 0.3) is 0 Å². The van der Waals surface area contributed by atoms with Gasteiger partial charge >= 0.3 is 0 Å². The van der Waals surface area contributed by atoms with E-state index in [0.717, 1.165) is 5.39 Å². The van der Waals surface area contributed by atoms with Crippen LogP contribution < -0.4 is 4.74 Å². The van der Waals surface area contributed by atoms with E-state index in [1.54, 1.807) is 13.0 Å². The van der Waals surface area contributed by atoms with Crippen LogP contribution in [0.3, 0.4) is 0 Å². The summed E-state index contributed by atoms with van der Waals surface area (Å²) in [5, 5.41) is 9.72. The molecule has 0 aliphatic rings. The summed E-state index contributed by atoms with van der Waals surface area (Å²) in [4.78, 5) is 0. The van der Waals surface area contributed by atoms with Crippen molar-refractivity contribution in [3.63, 3.8) is 0 Å². The van der Waals surface area contributed by atoms with Crippen LogP contribution in [0, 0.1) is 23.2 Å². The van der Waals surface area contributed by atoms with Crippen molar-refractivity contribution in [1.82, 2.24) is 0 Å². The number of furan rings is 1. The largest absolute Gasteiger partial charge is 0.475 e. The topological polar surface area (TPSA) is 46.2 Å². The highest BCUT2D eigenvalue weighted by atomic mass is 16.5. The Balaban J connectivity index is 2.47. The highest BCUT2D eigenvalue weighted by Gasteiger charge is 2.14. The molecule has 0 unspecified atom stereocenters. The summed E-state index contributed by atoms with van der Waals surface area (Å²) in [5.74, 6) is 6.17. The normalized spacial score (nSPS) is 9.25. The van der Waals surface area contributed by atoms with Crippen molar-refractivity contribution in [2.45, 2.75) is 6.92 Å². The lowest BCUT2D eigenvalue weighted by Gasteiger charge is -1.98. The molecule has 1 heterocycles. The second-order valence-corrected chi connectivity index (χ2v) is 3.08. The molecular weight excluding hydrogens is 202 g/mol. The minimum atomic E-state index is 0.194. The Bertz CT molecular complexity index is 608. The van der Waals surface area contributed by atoms with E-state index in [1.165, 1.54) is 0 Å². The SMILES string of the molecule is CC#CCOc1c(C#N)oc2ccccc12. The number of fused-ring (bicyclic) bond motifs is 1. The monoisotopic (exact) mass is 211 g/mol. The van der Waals surface area contributed by atoms with Crippen LogP contribution in [0.4, 0.5) is 0 Å². The quantitative estimate of drug-likeness (QED) is 0.717. The summed E-state index contributed by atoms with van der Waals surface area (Å²) in [6.45, 7) is 2.00. The van der Waals surface area contributed by atoms with Crippen molar-refractivity contribution >= 4 is 11.0 Å². The number of nitrogens with zero attached hydrogens (tertiary/aromatic N) is 1. The zero-order valence-corrected chi connectivity index (χ0v) is 8.78. The molecule has 1 aromatic heterocycles. The lowest BCUT2D eigenvalue weighted by atomic mass is 10.2. The van der Waals surface area contributed by atoms with Crippen LogP contribution in [0.25, 0.3) is 11.0 Å². The molecule has 0 saturated heterocycles. The van der Waals surface area contributed by atoms with Gasteiger partial charge in [0, 0.05) is 0 Å². The molecule has 3 heteroatoms. The maximum Gasteiger partial charge on any atom is 0.246 e. The highest BCUT2D eigenvalue weighted by molar-refractivity contribution is 5.86. The standard InChI is InChI=1S/C13H9NO2/c1-2-3-8-15-13-10-6-4-5-7-11(10)16-12(13)9-14/h4-7H,8H2,1H3. The van der Waals surface area contributed by atoms with Crippen molar-refractivity contribution in [2.75, 3.05) is 6.61 Å². The predicted octanol–water partition coefficient (Wildman–Crippen LogP) is 2.71. The van der Waals surface area contributed by atoms with Gasteiger partial charge in [-0.3, -0.25) is 0 Å². The Morgan fingerprint density at radius 3 is 2.94 bits per heavy atom. The van der Waals surface area contributed by atoms with Crippen molar-refractivity contribution < 1.29 is 9.15 Å². The van der Waals surface area contributed by atoms with Gasteiger partial charge < -0.3 is 9.15 Å². The smallest absolute Gasteiger partial charge is 0.246 e. The molecule has 3 nitrogen and oxygen atoms in total. The van der Waals surface area contributed by atoms with Crippen molar-refractivity contribution in [3.05, 3.63) is 30.0 Å². The Labute approximate surface area is 93.2 Å². The van der Waals surface area contributed by atoms with Crippen LogP contribution in [0.2, 0.25) is 0 Å². The van der Waals surface area contributed by atoms with Crippen molar-refractivity contribution in [3.8, 4) is 23.7 Å². The van der Waals surface area contributed by atoms with E-state index in [1.807, 2.05) is 24.3 Å². The van der Waals surface area contributed by atoms with Gasteiger partial charge in [-0.2, -0.15) is 5.26 Å². The van der Waals surface area contributed by atoms with E-state index in [2.05, 4.69) is 11.8 Å². The number of hydrogen-bond acceptors (Lipinski definition) is 3. The van der Waals surface area contributed by atoms with Gasteiger partial charge in [-0.1, -0.05) is 18.1 Å².